The molecule has 5 heteroatoms. The molecule has 1 aliphatic rings. The summed E-state index contributed by atoms with van der Waals surface area (Å²) in [7, 11) is 0. The number of nitrogen functional groups attached to an aromatic ring is 1. The Kier molecular flexibility index (Phi) is 2.26. The summed E-state index contributed by atoms with van der Waals surface area (Å²) < 4.78 is 0. The fraction of sp³-hybridized carbons (Fsp3) is 0.300. The van der Waals surface area contributed by atoms with E-state index >= 15 is 0 Å². The Morgan fingerprint density at radius 3 is 3.07 bits per heavy atom. The largest absolute Gasteiger partial charge is 0.368 e. The highest BCUT2D eigenvalue weighted by Crippen LogP contribution is 2.22. The number of rotatable bonds is 1. The standard InChI is InChI=1S/C10H10N4O/c1-2-7-5-9(15)14(6-7)8-3-4-12-10(11)13-8/h1,3-4,7H,5-6H2,(H2,11,12,13). The van der Waals surface area contributed by atoms with Gasteiger partial charge in [-0.1, -0.05) is 0 Å². The zero-order valence-electron chi connectivity index (χ0n) is 8.05. The van der Waals surface area contributed by atoms with Crippen molar-refractivity contribution in [2.45, 2.75) is 6.42 Å². The monoisotopic (exact) mass is 202 g/mol. The maximum absolute atomic E-state index is 11.6. The summed E-state index contributed by atoms with van der Waals surface area (Å²) in [4.78, 5) is 20.9. The molecule has 5 nitrogen and oxygen atoms in total. The first-order valence-corrected chi connectivity index (χ1v) is 4.55. The molecule has 1 aromatic rings. The molecule has 15 heavy (non-hydrogen) atoms. The van der Waals surface area contributed by atoms with Gasteiger partial charge in [0, 0.05) is 25.1 Å². The van der Waals surface area contributed by atoms with Crippen molar-refractivity contribution < 1.29 is 4.79 Å². The molecule has 76 valence electrons. The van der Waals surface area contributed by atoms with Crippen molar-refractivity contribution in [1.82, 2.24) is 9.97 Å². The number of terminal acetylenes is 1. The maximum atomic E-state index is 11.6. The lowest BCUT2D eigenvalue weighted by atomic mass is 10.1. The van der Waals surface area contributed by atoms with Gasteiger partial charge in [-0.15, -0.1) is 12.3 Å². The SMILES string of the molecule is C#CC1CC(=O)N(c2ccnc(N)n2)C1. The molecule has 1 saturated heterocycles. The highest BCUT2D eigenvalue weighted by Gasteiger charge is 2.30. The van der Waals surface area contributed by atoms with Crippen molar-refractivity contribution in [3.05, 3.63) is 12.3 Å². The van der Waals surface area contributed by atoms with Gasteiger partial charge in [-0.05, 0) is 6.07 Å². The number of carbonyl (C=O) groups excluding carboxylic acids is 1. The van der Waals surface area contributed by atoms with Crippen LogP contribution in [0.15, 0.2) is 12.3 Å². The van der Waals surface area contributed by atoms with Crippen LogP contribution in [0.3, 0.4) is 0 Å². The molecule has 1 aromatic heterocycles. The van der Waals surface area contributed by atoms with Crippen LogP contribution in [0.4, 0.5) is 11.8 Å². The fourth-order valence-electron chi connectivity index (χ4n) is 1.55. The zero-order valence-corrected chi connectivity index (χ0v) is 8.05. The third kappa shape index (κ3) is 1.74. The van der Waals surface area contributed by atoms with Crippen molar-refractivity contribution >= 4 is 17.7 Å². The number of hydrogen-bond donors (Lipinski definition) is 1. The number of carbonyl (C=O) groups is 1. The Balaban J connectivity index is 2.26. The lowest BCUT2D eigenvalue weighted by Gasteiger charge is -2.14. The molecular formula is C10H10N4O. The third-order valence-corrected chi connectivity index (χ3v) is 2.30. The Morgan fingerprint density at radius 1 is 1.67 bits per heavy atom. The second-order valence-electron chi connectivity index (χ2n) is 3.35. The van der Waals surface area contributed by atoms with E-state index in [1.165, 1.54) is 6.20 Å². The van der Waals surface area contributed by atoms with Gasteiger partial charge in [-0.2, -0.15) is 4.98 Å². The van der Waals surface area contributed by atoms with Crippen molar-refractivity contribution in [1.29, 1.82) is 0 Å². The molecule has 2 rings (SSSR count). The Bertz CT molecular complexity index is 437. The summed E-state index contributed by atoms with van der Waals surface area (Å²) in [6.45, 7) is 0.506. The third-order valence-electron chi connectivity index (χ3n) is 2.30. The van der Waals surface area contributed by atoms with E-state index in [4.69, 9.17) is 12.2 Å². The summed E-state index contributed by atoms with van der Waals surface area (Å²) in [5.74, 6) is 3.20. The van der Waals surface area contributed by atoms with E-state index in [0.717, 1.165) is 0 Å². The van der Waals surface area contributed by atoms with Crippen LogP contribution >= 0.6 is 0 Å². The van der Waals surface area contributed by atoms with Gasteiger partial charge < -0.3 is 5.73 Å². The van der Waals surface area contributed by atoms with Crippen LogP contribution in [0, 0.1) is 18.3 Å². The van der Waals surface area contributed by atoms with E-state index in [1.807, 2.05) is 0 Å². The van der Waals surface area contributed by atoms with Gasteiger partial charge in [0.05, 0.1) is 0 Å². The molecule has 0 aliphatic carbocycles. The van der Waals surface area contributed by atoms with Crippen molar-refractivity contribution in [2.24, 2.45) is 5.92 Å². The first-order valence-electron chi connectivity index (χ1n) is 4.55. The summed E-state index contributed by atoms with van der Waals surface area (Å²) in [6.07, 6.45) is 7.18. The normalized spacial score (nSPS) is 20.3. The molecule has 1 fully saturated rings. The summed E-state index contributed by atoms with van der Waals surface area (Å²) in [5.41, 5.74) is 5.44. The highest BCUT2D eigenvalue weighted by atomic mass is 16.2. The first kappa shape index (κ1) is 9.46. The van der Waals surface area contributed by atoms with Crippen LogP contribution in [-0.2, 0) is 4.79 Å². The summed E-state index contributed by atoms with van der Waals surface area (Å²) in [5, 5.41) is 0. The van der Waals surface area contributed by atoms with Crippen LogP contribution in [0.5, 0.6) is 0 Å². The summed E-state index contributed by atoms with van der Waals surface area (Å²) in [6, 6.07) is 1.65. The van der Waals surface area contributed by atoms with Crippen molar-refractivity contribution in [3.63, 3.8) is 0 Å². The average Bonchev–Trinajstić information content (AvgIpc) is 2.60. The molecule has 0 radical (unpaired) electrons. The van der Waals surface area contributed by atoms with Gasteiger partial charge in [0.1, 0.15) is 5.82 Å². The number of amides is 1. The quantitative estimate of drug-likeness (QED) is 0.653. The van der Waals surface area contributed by atoms with Crippen molar-refractivity contribution in [3.8, 4) is 12.3 Å². The second kappa shape index (κ2) is 3.58. The molecule has 1 amide bonds. The van der Waals surface area contributed by atoms with E-state index in [2.05, 4.69) is 15.9 Å². The minimum Gasteiger partial charge on any atom is -0.368 e. The number of aromatic nitrogens is 2. The molecule has 2 N–H and O–H groups in total. The second-order valence-corrected chi connectivity index (χ2v) is 3.35. The molecule has 0 aromatic carbocycles. The molecule has 0 bridgehead atoms. The molecule has 1 unspecified atom stereocenters. The van der Waals surface area contributed by atoms with E-state index in [1.54, 1.807) is 11.0 Å². The van der Waals surface area contributed by atoms with Crippen molar-refractivity contribution in [2.75, 3.05) is 17.2 Å². The lowest BCUT2D eigenvalue weighted by Crippen LogP contribution is -2.25. The van der Waals surface area contributed by atoms with E-state index in [0.29, 0.717) is 18.8 Å². The number of nitrogens with two attached hydrogens (primary N) is 1. The van der Waals surface area contributed by atoms with Crippen LogP contribution in [-0.4, -0.2) is 22.4 Å². The van der Waals surface area contributed by atoms with E-state index < -0.39 is 0 Å². The van der Waals surface area contributed by atoms with Gasteiger partial charge in [-0.3, -0.25) is 9.69 Å². The lowest BCUT2D eigenvalue weighted by molar-refractivity contribution is -0.117. The average molecular weight is 202 g/mol. The fourth-order valence-corrected chi connectivity index (χ4v) is 1.55. The number of hydrogen-bond acceptors (Lipinski definition) is 4. The van der Waals surface area contributed by atoms with Crippen LogP contribution in [0.1, 0.15) is 6.42 Å². The molecule has 2 heterocycles. The van der Waals surface area contributed by atoms with Crippen LogP contribution in [0.25, 0.3) is 0 Å². The van der Waals surface area contributed by atoms with Gasteiger partial charge >= 0.3 is 0 Å². The van der Waals surface area contributed by atoms with Crippen LogP contribution in [0.2, 0.25) is 0 Å². The number of nitrogens with zero attached hydrogens (tertiary/aromatic N) is 3. The predicted molar refractivity (Wildman–Crippen MR) is 55.7 cm³/mol. The minimum atomic E-state index is -0.0336. The molecule has 0 spiro atoms. The summed E-state index contributed by atoms with van der Waals surface area (Å²) >= 11 is 0. The van der Waals surface area contributed by atoms with Gasteiger partial charge in [0.2, 0.25) is 11.9 Å². The Hall–Kier alpha value is -2.09. The van der Waals surface area contributed by atoms with E-state index in [-0.39, 0.29) is 17.8 Å². The number of anilines is 2. The molecular weight excluding hydrogens is 192 g/mol. The predicted octanol–water partition coefficient (Wildman–Crippen LogP) is 0.0449. The topological polar surface area (TPSA) is 72.1 Å². The highest BCUT2D eigenvalue weighted by molar-refractivity contribution is 5.95. The van der Waals surface area contributed by atoms with Gasteiger partial charge in [-0.25, -0.2) is 4.98 Å². The maximum Gasteiger partial charge on any atom is 0.229 e. The smallest absolute Gasteiger partial charge is 0.229 e. The molecule has 1 aliphatic heterocycles. The zero-order chi connectivity index (χ0) is 10.8. The first-order chi connectivity index (χ1) is 7.20. The van der Waals surface area contributed by atoms with Gasteiger partial charge in [0.15, 0.2) is 0 Å². The molecule has 1 atom stereocenters. The molecule has 0 saturated carbocycles. The van der Waals surface area contributed by atoms with Crippen LogP contribution < -0.4 is 10.6 Å². The van der Waals surface area contributed by atoms with E-state index in [9.17, 15) is 4.79 Å². The van der Waals surface area contributed by atoms with Gasteiger partial charge in [0.25, 0.3) is 0 Å². The Morgan fingerprint density at radius 2 is 2.47 bits per heavy atom. The minimum absolute atomic E-state index is 0.0175. The Labute approximate surface area is 87.3 Å².